The molecule has 0 unspecified atom stereocenters. The summed E-state index contributed by atoms with van der Waals surface area (Å²) in [4.78, 5) is 35.2. The van der Waals surface area contributed by atoms with E-state index in [1.807, 2.05) is 48.5 Å². The lowest BCUT2D eigenvalue weighted by molar-refractivity contribution is -0.132. The minimum absolute atomic E-state index is 0.000296. The molecule has 2 aromatic heterocycles. The van der Waals surface area contributed by atoms with Crippen LogP contribution in [0.2, 0.25) is 0 Å². The lowest BCUT2D eigenvalue weighted by Crippen LogP contribution is -2.42. The Hall–Kier alpha value is -3.81. The predicted molar refractivity (Wildman–Crippen MR) is 116 cm³/mol. The van der Waals surface area contributed by atoms with Gasteiger partial charge in [-0.2, -0.15) is 5.10 Å². The predicted octanol–water partition coefficient (Wildman–Crippen LogP) is 2.23. The van der Waals surface area contributed by atoms with E-state index in [0.29, 0.717) is 38.3 Å². The normalized spacial score (nSPS) is 14.6. The Labute approximate surface area is 180 Å². The van der Waals surface area contributed by atoms with Gasteiger partial charge in [0.25, 0.3) is 0 Å². The Balaban J connectivity index is 1.27. The molecule has 1 aliphatic rings. The molecule has 1 N–H and O–H groups in total. The van der Waals surface area contributed by atoms with Gasteiger partial charge >= 0.3 is 0 Å². The Kier molecular flexibility index (Phi) is 6.47. The van der Waals surface area contributed by atoms with E-state index in [2.05, 4.69) is 20.4 Å². The molecule has 3 aromatic rings. The molecule has 0 spiro atoms. The number of likely N-dealkylation sites (tertiary alicyclic amines) is 1. The fraction of sp³-hybridized carbons (Fsp3) is 0.261. The van der Waals surface area contributed by atoms with Crippen LogP contribution in [0.1, 0.15) is 24.0 Å². The molecular weight excluding hydrogens is 392 g/mol. The summed E-state index contributed by atoms with van der Waals surface area (Å²) in [5, 5.41) is 7.11. The third-order valence-corrected chi connectivity index (χ3v) is 5.35. The second-order valence-electron chi connectivity index (χ2n) is 7.39. The van der Waals surface area contributed by atoms with Gasteiger partial charge in [-0.1, -0.05) is 36.4 Å². The molecule has 0 atom stereocenters. The van der Waals surface area contributed by atoms with E-state index in [4.69, 9.17) is 0 Å². The molecule has 0 radical (unpaired) electrons. The first-order chi connectivity index (χ1) is 15.2. The average molecular weight is 416 g/mol. The molecular formula is C23H24N6O2. The maximum Gasteiger partial charge on any atom is 0.246 e. The Morgan fingerprint density at radius 3 is 2.65 bits per heavy atom. The van der Waals surface area contributed by atoms with Crippen LogP contribution in [0, 0.1) is 5.92 Å². The van der Waals surface area contributed by atoms with Crippen molar-refractivity contribution in [3.63, 3.8) is 0 Å². The van der Waals surface area contributed by atoms with Crippen LogP contribution in [-0.2, 0) is 16.1 Å². The van der Waals surface area contributed by atoms with Gasteiger partial charge < -0.3 is 10.2 Å². The van der Waals surface area contributed by atoms with Gasteiger partial charge in [-0.15, -0.1) is 0 Å². The van der Waals surface area contributed by atoms with Crippen LogP contribution < -0.4 is 5.32 Å². The molecule has 0 saturated carbocycles. The second-order valence-corrected chi connectivity index (χ2v) is 7.39. The number of carbonyl (C=O) groups is 2. The summed E-state index contributed by atoms with van der Waals surface area (Å²) in [5.74, 6) is 0.524. The van der Waals surface area contributed by atoms with Crippen LogP contribution >= 0.6 is 0 Å². The third-order valence-electron chi connectivity index (χ3n) is 5.35. The van der Waals surface area contributed by atoms with Crippen molar-refractivity contribution in [3.8, 4) is 5.82 Å². The average Bonchev–Trinajstić information content (AvgIpc) is 3.37. The number of aromatic nitrogens is 4. The van der Waals surface area contributed by atoms with E-state index >= 15 is 0 Å². The number of piperidine rings is 1. The summed E-state index contributed by atoms with van der Waals surface area (Å²) in [6, 6.07) is 13.5. The lowest BCUT2D eigenvalue weighted by Gasteiger charge is -2.30. The summed E-state index contributed by atoms with van der Waals surface area (Å²) in [6.07, 6.45) is 9.43. The van der Waals surface area contributed by atoms with Gasteiger partial charge in [0.05, 0.1) is 0 Å². The lowest BCUT2D eigenvalue weighted by atomic mass is 9.95. The van der Waals surface area contributed by atoms with Gasteiger partial charge in [0.1, 0.15) is 12.7 Å². The van der Waals surface area contributed by atoms with Gasteiger partial charge in [0.2, 0.25) is 11.8 Å². The van der Waals surface area contributed by atoms with Crippen molar-refractivity contribution in [3.05, 3.63) is 78.5 Å². The van der Waals surface area contributed by atoms with Crippen LogP contribution in [0.3, 0.4) is 0 Å². The molecule has 1 saturated heterocycles. The monoisotopic (exact) mass is 416 g/mol. The van der Waals surface area contributed by atoms with Gasteiger partial charge in [0.15, 0.2) is 5.82 Å². The van der Waals surface area contributed by atoms with Crippen molar-refractivity contribution in [2.24, 2.45) is 5.92 Å². The minimum atomic E-state index is -0.103. The number of carbonyl (C=O) groups excluding carboxylic acids is 2. The molecule has 1 fully saturated rings. The first-order valence-electron chi connectivity index (χ1n) is 10.3. The molecule has 158 valence electrons. The molecule has 1 aliphatic heterocycles. The highest BCUT2D eigenvalue weighted by molar-refractivity contribution is 5.92. The molecule has 8 heteroatoms. The quantitative estimate of drug-likeness (QED) is 0.622. The topological polar surface area (TPSA) is 93.0 Å². The number of rotatable bonds is 6. The molecule has 8 nitrogen and oxygen atoms in total. The Morgan fingerprint density at radius 2 is 1.90 bits per heavy atom. The number of benzene rings is 1. The smallest absolute Gasteiger partial charge is 0.246 e. The summed E-state index contributed by atoms with van der Waals surface area (Å²) in [5.41, 5.74) is 1.85. The first kappa shape index (κ1) is 20.5. The SMILES string of the molecule is O=C(NCc1cccnc1-n1cncn1)C1CCN(C(=O)/C=C/c2ccccc2)CC1. The maximum absolute atomic E-state index is 12.7. The van der Waals surface area contributed by atoms with E-state index < -0.39 is 0 Å². The molecule has 1 aromatic carbocycles. The Morgan fingerprint density at radius 1 is 1.10 bits per heavy atom. The summed E-state index contributed by atoms with van der Waals surface area (Å²) < 4.78 is 1.58. The van der Waals surface area contributed by atoms with Crippen molar-refractivity contribution in [1.29, 1.82) is 0 Å². The maximum atomic E-state index is 12.7. The van der Waals surface area contributed by atoms with E-state index in [9.17, 15) is 9.59 Å². The number of pyridine rings is 1. The summed E-state index contributed by atoms with van der Waals surface area (Å²) in [7, 11) is 0. The Bertz CT molecular complexity index is 1040. The van der Waals surface area contributed by atoms with Crippen LogP contribution in [0.25, 0.3) is 11.9 Å². The number of nitrogens with one attached hydrogen (secondary N) is 1. The van der Waals surface area contributed by atoms with E-state index in [1.54, 1.807) is 28.2 Å². The van der Waals surface area contributed by atoms with Crippen molar-refractivity contribution in [2.45, 2.75) is 19.4 Å². The standard InChI is InChI=1S/C23H24N6O2/c30-21(9-8-18-5-2-1-3-6-18)28-13-10-19(11-14-28)23(31)26-15-20-7-4-12-25-22(20)29-17-24-16-27-29/h1-9,12,16-17,19H,10-11,13-15H2,(H,26,31)/b9-8+. The fourth-order valence-corrected chi connectivity index (χ4v) is 3.62. The molecule has 4 rings (SSSR count). The second kappa shape index (κ2) is 9.80. The number of hydrogen-bond donors (Lipinski definition) is 1. The number of hydrogen-bond acceptors (Lipinski definition) is 5. The van der Waals surface area contributed by atoms with Crippen LogP contribution in [0.4, 0.5) is 0 Å². The van der Waals surface area contributed by atoms with Crippen molar-refractivity contribution < 1.29 is 9.59 Å². The zero-order valence-electron chi connectivity index (χ0n) is 17.1. The molecule has 31 heavy (non-hydrogen) atoms. The minimum Gasteiger partial charge on any atom is -0.352 e. The van der Waals surface area contributed by atoms with E-state index in [0.717, 1.165) is 11.1 Å². The van der Waals surface area contributed by atoms with Crippen LogP contribution in [-0.4, -0.2) is 49.6 Å². The van der Waals surface area contributed by atoms with Gasteiger partial charge in [-0.3, -0.25) is 9.59 Å². The highest BCUT2D eigenvalue weighted by Gasteiger charge is 2.26. The summed E-state index contributed by atoms with van der Waals surface area (Å²) >= 11 is 0. The summed E-state index contributed by atoms with van der Waals surface area (Å²) in [6.45, 7) is 1.52. The van der Waals surface area contributed by atoms with Crippen molar-refractivity contribution in [2.75, 3.05) is 13.1 Å². The zero-order valence-corrected chi connectivity index (χ0v) is 17.1. The molecule has 3 heterocycles. The molecule has 0 bridgehead atoms. The van der Waals surface area contributed by atoms with Crippen molar-refractivity contribution in [1.82, 2.24) is 30.0 Å². The molecule has 0 aliphatic carbocycles. The van der Waals surface area contributed by atoms with Crippen LogP contribution in [0.5, 0.6) is 0 Å². The first-order valence-corrected chi connectivity index (χ1v) is 10.3. The third kappa shape index (κ3) is 5.22. The fourth-order valence-electron chi connectivity index (χ4n) is 3.62. The van der Waals surface area contributed by atoms with Gasteiger partial charge in [-0.05, 0) is 30.5 Å². The van der Waals surface area contributed by atoms with Gasteiger partial charge in [0, 0.05) is 43.4 Å². The van der Waals surface area contributed by atoms with Crippen molar-refractivity contribution >= 4 is 17.9 Å². The van der Waals surface area contributed by atoms with E-state index in [-0.39, 0.29) is 17.7 Å². The van der Waals surface area contributed by atoms with Gasteiger partial charge in [-0.25, -0.2) is 14.6 Å². The number of amides is 2. The van der Waals surface area contributed by atoms with Crippen LogP contribution in [0.15, 0.2) is 67.4 Å². The largest absolute Gasteiger partial charge is 0.352 e. The molecule has 2 amide bonds. The highest BCUT2D eigenvalue weighted by atomic mass is 16.2. The zero-order chi connectivity index (χ0) is 21.5. The van der Waals surface area contributed by atoms with E-state index in [1.165, 1.54) is 6.33 Å². The number of nitrogens with zero attached hydrogens (tertiary/aromatic N) is 5. The highest BCUT2D eigenvalue weighted by Crippen LogP contribution is 2.18.